The summed E-state index contributed by atoms with van der Waals surface area (Å²) >= 11 is 0. The fourth-order valence-electron chi connectivity index (χ4n) is 1.29. The van der Waals surface area contributed by atoms with E-state index in [1.165, 1.54) is 5.56 Å². The molecule has 0 N–H and O–H groups in total. The van der Waals surface area contributed by atoms with Crippen molar-refractivity contribution >= 4 is 0 Å². The van der Waals surface area contributed by atoms with Gasteiger partial charge in [0, 0.05) is 0 Å². The van der Waals surface area contributed by atoms with Crippen LogP contribution in [0.1, 0.15) is 30.0 Å². The Balaban J connectivity index is 3.08. The Morgan fingerprint density at radius 2 is 2.00 bits per heavy atom. The first-order valence-electron chi connectivity index (χ1n) is 4.37. The van der Waals surface area contributed by atoms with Crippen LogP contribution in [0.15, 0.2) is 24.8 Å². The molecule has 13 heavy (non-hydrogen) atoms. The fraction of sp³-hybridized carbons (Fsp3) is 0.250. The normalized spacial score (nSPS) is 9.23. The topological polar surface area (TPSA) is 23.8 Å². The Morgan fingerprint density at radius 1 is 1.31 bits per heavy atom. The van der Waals surface area contributed by atoms with Crippen LogP contribution in [0.3, 0.4) is 0 Å². The molecule has 0 saturated heterocycles. The summed E-state index contributed by atoms with van der Waals surface area (Å²) in [5, 5.41) is 8.75. The van der Waals surface area contributed by atoms with E-state index in [9.17, 15) is 0 Å². The minimum Gasteiger partial charge on any atom is -0.192 e. The molecule has 1 aromatic rings. The number of hydrogen-bond donors (Lipinski definition) is 0. The van der Waals surface area contributed by atoms with E-state index in [1.807, 2.05) is 12.1 Å². The maximum Gasteiger partial charge on any atom is 0.0991 e. The summed E-state index contributed by atoms with van der Waals surface area (Å²) in [5.41, 5.74) is 2.78. The molecule has 65 valence electrons. The minimum absolute atomic E-state index is 0.692. The average Bonchev–Trinajstić information content (AvgIpc) is 2.17. The van der Waals surface area contributed by atoms with E-state index in [0.29, 0.717) is 5.56 Å². The van der Waals surface area contributed by atoms with Crippen molar-refractivity contribution in [3.63, 3.8) is 0 Å². The second kappa shape index (κ2) is 4.47. The van der Waals surface area contributed by atoms with Gasteiger partial charge in [-0.15, -0.1) is 0 Å². The van der Waals surface area contributed by atoms with Crippen LogP contribution in [0.2, 0.25) is 0 Å². The first-order chi connectivity index (χ1) is 6.30. The predicted octanol–water partition coefficient (Wildman–Crippen LogP) is 2.85. The van der Waals surface area contributed by atoms with Crippen LogP contribution in [-0.2, 0) is 6.42 Å². The van der Waals surface area contributed by atoms with Gasteiger partial charge in [0.25, 0.3) is 0 Å². The van der Waals surface area contributed by atoms with Crippen molar-refractivity contribution in [2.24, 2.45) is 0 Å². The number of rotatable bonds is 3. The number of aryl methyl sites for hydroxylation is 1. The van der Waals surface area contributed by atoms with E-state index < -0.39 is 0 Å². The lowest BCUT2D eigenvalue weighted by Crippen LogP contribution is -1.87. The number of hydrogen-bond acceptors (Lipinski definition) is 1. The van der Waals surface area contributed by atoms with Crippen LogP contribution in [0.5, 0.6) is 0 Å². The van der Waals surface area contributed by atoms with Gasteiger partial charge < -0.3 is 0 Å². The average molecular weight is 170 g/mol. The molecular weight excluding hydrogens is 158 g/mol. The van der Waals surface area contributed by atoms with E-state index in [2.05, 4.69) is 25.6 Å². The van der Waals surface area contributed by atoms with E-state index >= 15 is 0 Å². The third kappa shape index (κ3) is 2.45. The second-order valence-corrected chi connectivity index (χ2v) is 2.96. The Morgan fingerprint density at radius 3 is 2.54 bits per heavy atom. The molecule has 0 saturated carbocycles. The van der Waals surface area contributed by atoms with Crippen LogP contribution >= 0.6 is 0 Å². The molecule has 1 heteroatoms. The largest absolute Gasteiger partial charge is 0.192 e. The van der Waals surface area contributed by atoms with Gasteiger partial charge in [0.15, 0.2) is 0 Å². The second-order valence-electron chi connectivity index (χ2n) is 2.96. The summed E-state index contributed by atoms with van der Waals surface area (Å²) in [6.45, 7) is 5.69. The maximum absolute atomic E-state index is 8.75. The van der Waals surface area contributed by atoms with Crippen molar-refractivity contribution in [1.82, 2.24) is 0 Å². The van der Waals surface area contributed by atoms with Gasteiger partial charge in [0.2, 0.25) is 0 Å². The summed E-state index contributed by atoms with van der Waals surface area (Å²) in [5.74, 6) is 0. The predicted molar refractivity (Wildman–Crippen MR) is 53.1 cm³/mol. The summed E-state index contributed by atoms with van der Waals surface area (Å²) < 4.78 is 0. The molecular formula is C12H12N. The summed E-state index contributed by atoms with van der Waals surface area (Å²) in [7, 11) is 0. The molecule has 0 bridgehead atoms. The minimum atomic E-state index is 0.692. The molecule has 0 unspecified atom stereocenters. The van der Waals surface area contributed by atoms with E-state index in [1.54, 1.807) is 6.07 Å². The van der Waals surface area contributed by atoms with Crippen molar-refractivity contribution in [3.05, 3.63) is 47.5 Å². The third-order valence-corrected chi connectivity index (χ3v) is 1.86. The summed E-state index contributed by atoms with van der Waals surface area (Å²) in [4.78, 5) is 0. The Labute approximate surface area is 79.3 Å². The fourth-order valence-corrected chi connectivity index (χ4v) is 1.29. The molecule has 0 aliphatic heterocycles. The van der Waals surface area contributed by atoms with Crippen molar-refractivity contribution < 1.29 is 0 Å². The number of nitrogens with zero attached hydrogens (tertiary/aromatic N) is 1. The lowest BCUT2D eigenvalue weighted by atomic mass is 10.0. The SMILES string of the molecule is C=[C]c1cc(C#N)cc(CCC)c1. The lowest BCUT2D eigenvalue weighted by Gasteiger charge is -2.01. The summed E-state index contributed by atoms with van der Waals surface area (Å²) in [6, 6.07) is 7.88. The first kappa shape index (κ1) is 9.54. The number of nitriles is 1. The monoisotopic (exact) mass is 170 g/mol. The molecule has 1 aromatic carbocycles. The van der Waals surface area contributed by atoms with Crippen molar-refractivity contribution in [1.29, 1.82) is 5.26 Å². The van der Waals surface area contributed by atoms with Gasteiger partial charge in [-0.3, -0.25) is 0 Å². The van der Waals surface area contributed by atoms with Gasteiger partial charge in [-0.25, -0.2) is 0 Å². The van der Waals surface area contributed by atoms with Gasteiger partial charge in [-0.05, 0) is 35.8 Å². The third-order valence-electron chi connectivity index (χ3n) is 1.86. The molecule has 1 rings (SSSR count). The Kier molecular flexibility index (Phi) is 3.28. The Bertz CT molecular complexity index is 345. The zero-order chi connectivity index (χ0) is 9.68. The Hall–Kier alpha value is -1.55. The van der Waals surface area contributed by atoms with Crippen molar-refractivity contribution in [2.75, 3.05) is 0 Å². The molecule has 0 amide bonds. The van der Waals surface area contributed by atoms with Crippen molar-refractivity contribution in [2.45, 2.75) is 19.8 Å². The highest BCUT2D eigenvalue weighted by Gasteiger charge is 1.97. The van der Waals surface area contributed by atoms with Gasteiger partial charge >= 0.3 is 0 Å². The standard InChI is InChI=1S/C12H12N/c1-3-5-11-6-10(4-2)7-12(8-11)9-13/h6-8H,2-3,5H2,1H3. The molecule has 0 aliphatic rings. The quantitative estimate of drug-likeness (QED) is 0.684. The van der Waals surface area contributed by atoms with Crippen LogP contribution in [-0.4, -0.2) is 0 Å². The van der Waals surface area contributed by atoms with Gasteiger partial charge in [0.05, 0.1) is 11.6 Å². The molecule has 0 aliphatic carbocycles. The van der Waals surface area contributed by atoms with E-state index in [4.69, 9.17) is 5.26 Å². The highest BCUT2D eigenvalue weighted by atomic mass is 14.2. The summed E-state index contributed by atoms with van der Waals surface area (Å²) in [6.07, 6.45) is 4.89. The van der Waals surface area contributed by atoms with Crippen LogP contribution < -0.4 is 0 Å². The maximum atomic E-state index is 8.75. The van der Waals surface area contributed by atoms with Gasteiger partial charge in [-0.2, -0.15) is 5.26 Å². The van der Waals surface area contributed by atoms with Gasteiger partial charge in [-0.1, -0.05) is 26.0 Å². The van der Waals surface area contributed by atoms with E-state index in [0.717, 1.165) is 18.4 Å². The van der Waals surface area contributed by atoms with E-state index in [-0.39, 0.29) is 0 Å². The highest BCUT2D eigenvalue weighted by Crippen LogP contribution is 2.11. The molecule has 1 nitrogen and oxygen atoms in total. The lowest BCUT2D eigenvalue weighted by molar-refractivity contribution is 0.920. The van der Waals surface area contributed by atoms with Crippen LogP contribution in [0, 0.1) is 17.4 Å². The van der Waals surface area contributed by atoms with Crippen LogP contribution in [0.4, 0.5) is 0 Å². The highest BCUT2D eigenvalue weighted by molar-refractivity contribution is 5.39. The molecule has 0 heterocycles. The smallest absolute Gasteiger partial charge is 0.0991 e. The first-order valence-corrected chi connectivity index (χ1v) is 4.37. The molecule has 0 aromatic heterocycles. The number of benzene rings is 1. The molecule has 0 atom stereocenters. The molecule has 0 fully saturated rings. The zero-order valence-electron chi connectivity index (χ0n) is 7.80. The molecule has 0 spiro atoms. The van der Waals surface area contributed by atoms with Gasteiger partial charge in [0.1, 0.15) is 0 Å². The molecule has 1 radical (unpaired) electrons. The van der Waals surface area contributed by atoms with Crippen LogP contribution in [0.25, 0.3) is 0 Å². The van der Waals surface area contributed by atoms with Crippen molar-refractivity contribution in [3.8, 4) is 6.07 Å². The zero-order valence-corrected chi connectivity index (χ0v) is 7.80.